The van der Waals surface area contributed by atoms with Crippen molar-refractivity contribution in [3.63, 3.8) is 0 Å². The van der Waals surface area contributed by atoms with E-state index in [1.165, 1.54) is 10.5 Å². The quantitative estimate of drug-likeness (QED) is 0.818. The van der Waals surface area contributed by atoms with Crippen LogP contribution in [0.2, 0.25) is 0 Å². The van der Waals surface area contributed by atoms with Gasteiger partial charge in [-0.1, -0.05) is 26.8 Å². The Kier molecular flexibility index (Phi) is 5.15. The van der Waals surface area contributed by atoms with Gasteiger partial charge in [-0.2, -0.15) is 0 Å². The zero-order chi connectivity index (χ0) is 14.5. The van der Waals surface area contributed by atoms with E-state index in [1.54, 1.807) is 14.1 Å². The molecule has 0 radical (unpaired) electrons. The van der Waals surface area contributed by atoms with Crippen LogP contribution in [0, 0.1) is 0 Å². The fourth-order valence-corrected chi connectivity index (χ4v) is 1.46. The van der Waals surface area contributed by atoms with Gasteiger partial charge in [0.2, 0.25) is 0 Å². The van der Waals surface area contributed by atoms with Crippen LogP contribution in [0.5, 0.6) is 0 Å². The zero-order valence-corrected chi connectivity index (χ0v) is 12.4. The summed E-state index contributed by atoms with van der Waals surface area (Å²) in [7, 11) is 3.44. The molecule has 0 saturated heterocycles. The number of amides is 2. The second-order valence-electron chi connectivity index (χ2n) is 5.74. The molecule has 5 heteroatoms. The molecule has 1 rings (SSSR count). The molecule has 5 nitrogen and oxygen atoms in total. The third-order valence-electron chi connectivity index (χ3n) is 2.74. The highest BCUT2D eigenvalue weighted by atomic mass is 16.2. The van der Waals surface area contributed by atoms with Crippen LogP contribution in [0.4, 0.5) is 10.6 Å². The van der Waals surface area contributed by atoms with Gasteiger partial charge in [-0.3, -0.25) is 0 Å². The molecule has 0 unspecified atom stereocenters. The molecule has 1 aromatic rings. The standard InChI is InChI=1S/C14H24N4O/c1-14(2,3)11-6-7-12(17-10-11)15-8-9-16-13(19)18(4)5/h6-7,10H,8-9H2,1-5H3,(H,15,17)(H,16,19). The maximum atomic E-state index is 11.3. The molecular formula is C14H24N4O. The molecule has 1 heterocycles. The van der Waals surface area contributed by atoms with Crippen molar-refractivity contribution < 1.29 is 4.79 Å². The smallest absolute Gasteiger partial charge is 0.316 e. The summed E-state index contributed by atoms with van der Waals surface area (Å²) in [6.45, 7) is 7.71. The number of hydrogen-bond donors (Lipinski definition) is 2. The summed E-state index contributed by atoms with van der Waals surface area (Å²) in [5.74, 6) is 0.826. The Labute approximate surface area is 115 Å². The van der Waals surface area contributed by atoms with E-state index >= 15 is 0 Å². The van der Waals surface area contributed by atoms with Gasteiger partial charge in [0, 0.05) is 33.4 Å². The lowest BCUT2D eigenvalue weighted by molar-refractivity contribution is 0.218. The number of carbonyl (C=O) groups excluding carboxylic acids is 1. The number of aromatic nitrogens is 1. The summed E-state index contributed by atoms with van der Waals surface area (Å²) >= 11 is 0. The van der Waals surface area contributed by atoms with Crippen LogP contribution in [0.15, 0.2) is 18.3 Å². The molecule has 0 aliphatic heterocycles. The van der Waals surface area contributed by atoms with Gasteiger partial charge in [-0.05, 0) is 17.0 Å². The van der Waals surface area contributed by atoms with Gasteiger partial charge in [0.25, 0.3) is 0 Å². The number of nitrogens with one attached hydrogen (secondary N) is 2. The minimum absolute atomic E-state index is 0.0853. The van der Waals surface area contributed by atoms with Crippen molar-refractivity contribution in [3.05, 3.63) is 23.9 Å². The lowest BCUT2D eigenvalue weighted by Gasteiger charge is -2.18. The molecule has 0 spiro atoms. The number of urea groups is 1. The number of anilines is 1. The maximum Gasteiger partial charge on any atom is 0.316 e. The fourth-order valence-electron chi connectivity index (χ4n) is 1.46. The molecule has 0 fully saturated rings. The van der Waals surface area contributed by atoms with E-state index in [2.05, 4.69) is 42.5 Å². The fraction of sp³-hybridized carbons (Fsp3) is 0.571. The number of rotatable bonds is 4. The second kappa shape index (κ2) is 6.41. The Morgan fingerprint density at radius 2 is 1.95 bits per heavy atom. The van der Waals surface area contributed by atoms with E-state index in [-0.39, 0.29) is 11.4 Å². The van der Waals surface area contributed by atoms with Gasteiger partial charge in [0.15, 0.2) is 0 Å². The van der Waals surface area contributed by atoms with Gasteiger partial charge in [0.05, 0.1) is 0 Å². The average molecular weight is 264 g/mol. The molecule has 1 aromatic heterocycles. The first-order valence-electron chi connectivity index (χ1n) is 6.46. The summed E-state index contributed by atoms with van der Waals surface area (Å²) in [6.07, 6.45) is 1.89. The molecule has 0 bridgehead atoms. The van der Waals surface area contributed by atoms with Gasteiger partial charge < -0.3 is 15.5 Å². The van der Waals surface area contributed by atoms with Crippen LogP contribution in [-0.4, -0.2) is 43.1 Å². The van der Waals surface area contributed by atoms with Crippen molar-refractivity contribution >= 4 is 11.8 Å². The van der Waals surface area contributed by atoms with Crippen LogP contribution in [0.3, 0.4) is 0 Å². The Morgan fingerprint density at radius 1 is 1.26 bits per heavy atom. The summed E-state index contributed by atoms with van der Waals surface area (Å²) < 4.78 is 0. The second-order valence-corrected chi connectivity index (χ2v) is 5.74. The van der Waals surface area contributed by atoms with E-state index in [4.69, 9.17) is 0 Å². The van der Waals surface area contributed by atoms with Gasteiger partial charge in [0.1, 0.15) is 5.82 Å². The van der Waals surface area contributed by atoms with Crippen LogP contribution in [0.25, 0.3) is 0 Å². The Balaban J connectivity index is 2.37. The molecule has 0 atom stereocenters. The molecule has 0 aliphatic rings. The average Bonchev–Trinajstić information content (AvgIpc) is 2.33. The molecule has 0 aliphatic carbocycles. The summed E-state index contributed by atoms with van der Waals surface area (Å²) in [5.41, 5.74) is 1.32. The Morgan fingerprint density at radius 3 is 2.42 bits per heavy atom. The zero-order valence-electron chi connectivity index (χ0n) is 12.4. The highest BCUT2D eigenvalue weighted by Gasteiger charge is 2.13. The largest absolute Gasteiger partial charge is 0.368 e. The molecule has 0 saturated carbocycles. The van der Waals surface area contributed by atoms with Crippen LogP contribution in [0.1, 0.15) is 26.3 Å². The molecule has 106 valence electrons. The summed E-state index contributed by atoms with van der Waals surface area (Å²) in [5, 5.41) is 5.96. The van der Waals surface area contributed by atoms with Crippen molar-refractivity contribution in [2.24, 2.45) is 0 Å². The monoisotopic (exact) mass is 264 g/mol. The minimum Gasteiger partial charge on any atom is -0.368 e. The van der Waals surface area contributed by atoms with Gasteiger partial charge >= 0.3 is 6.03 Å². The molecule has 2 amide bonds. The van der Waals surface area contributed by atoms with E-state index < -0.39 is 0 Å². The lowest BCUT2D eigenvalue weighted by Crippen LogP contribution is -2.37. The lowest BCUT2D eigenvalue weighted by atomic mass is 9.88. The first-order chi connectivity index (χ1) is 8.80. The predicted molar refractivity (Wildman–Crippen MR) is 78.5 cm³/mol. The number of hydrogen-bond acceptors (Lipinski definition) is 3. The van der Waals surface area contributed by atoms with Crippen molar-refractivity contribution in [1.29, 1.82) is 0 Å². The highest BCUT2D eigenvalue weighted by Crippen LogP contribution is 2.21. The van der Waals surface area contributed by atoms with E-state index in [0.29, 0.717) is 13.1 Å². The summed E-state index contributed by atoms with van der Waals surface area (Å²) in [6, 6.07) is 3.96. The van der Waals surface area contributed by atoms with E-state index in [9.17, 15) is 4.79 Å². The van der Waals surface area contributed by atoms with Crippen LogP contribution < -0.4 is 10.6 Å². The highest BCUT2D eigenvalue weighted by molar-refractivity contribution is 5.73. The third-order valence-corrected chi connectivity index (χ3v) is 2.74. The Bertz CT molecular complexity index is 406. The van der Waals surface area contributed by atoms with Crippen molar-refractivity contribution in [1.82, 2.24) is 15.2 Å². The third kappa shape index (κ3) is 5.16. The predicted octanol–water partition coefficient (Wildman–Crippen LogP) is 2.06. The minimum atomic E-state index is -0.0853. The first kappa shape index (κ1) is 15.3. The number of carbonyl (C=O) groups is 1. The SMILES string of the molecule is CN(C)C(=O)NCCNc1ccc(C(C)(C)C)cn1. The summed E-state index contributed by atoms with van der Waals surface area (Å²) in [4.78, 5) is 17.2. The molecule has 0 aromatic carbocycles. The van der Waals surface area contributed by atoms with Crippen molar-refractivity contribution in [2.75, 3.05) is 32.5 Å². The molecule has 19 heavy (non-hydrogen) atoms. The molecular weight excluding hydrogens is 240 g/mol. The number of pyridine rings is 1. The van der Waals surface area contributed by atoms with Crippen molar-refractivity contribution in [2.45, 2.75) is 26.2 Å². The topological polar surface area (TPSA) is 57.3 Å². The number of nitrogens with zero attached hydrogens (tertiary/aromatic N) is 2. The molecule has 2 N–H and O–H groups in total. The van der Waals surface area contributed by atoms with Crippen molar-refractivity contribution in [3.8, 4) is 0 Å². The van der Waals surface area contributed by atoms with Crippen LogP contribution >= 0.6 is 0 Å². The van der Waals surface area contributed by atoms with E-state index in [0.717, 1.165) is 5.82 Å². The van der Waals surface area contributed by atoms with Crippen LogP contribution in [-0.2, 0) is 5.41 Å². The van der Waals surface area contributed by atoms with Gasteiger partial charge in [-0.15, -0.1) is 0 Å². The first-order valence-corrected chi connectivity index (χ1v) is 6.46. The normalized spacial score (nSPS) is 11.0. The van der Waals surface area contributed by atoms with E-state index in [1.807, 2.05) is 12.3 Å². The maximum absolute atomic E-state index is 11.3. The Hall–Kier alpha value is -1.78. The van der Waals surface area contributed by atoms with Gasteiger partial charge in [-0.25, -0.2) is 9.78 Å².